The molecule has 8 heteroatoms. The van der Waals surface area contributed by atoms with Gasteiger partial charge in [0.15, 0.2) is 5.82 Å². The molecule has 7 nitrogen and oxygen atoms in total. The minimum Gasteiger partial charge on any atom is -0.366 e. The van der Waals surface area contributed by atoms with Gasteiger partial charge in [-0.25, -0.2) is 9.37 Å². The predicted molar refractivity (Wildman–Crippen MR) is 103 cm³/mol. The summed E-state index contributed by atoms with van der Waals surface area (Å²) in [6, 6.07) is 11.8. The molecule has 1 saturated heterocycles. The van der Waals surface area contributed by atoms with Crippen LogP contribution in [0.15, 0.2) is 53.2 Å². The number of aromatic nitrogens is 2. The standard InChI is InChI=1S/C20H20FN5O2/c1-14-12-19(24-28-14)23-18-13-15(6-7-22-18)20(27)26-10-8-25(9-11-26)17-5-3-2-4-16(17)21/h2-7,12-13H,8-11H2,1H3,(H,22,23,24). The lowest BCUT2D eigenvalue weighted by atomic mass is 10.2. The first-order chi connectivity index (χ1) is 13.6. The molecule has 0 atom stereocenters. The Morgan fingerprint density at radius 1 is 1.11 bits per heavy atom. The molecule has 0 radical (unpaired) electrons. The number of piperazine rings is 1. The molecule has 0 spiro atoms. The van der Waals surface area contributed by atoms with Gasteiger partial charge in [-0.3, -0.25) is 4.79 Å². The van der Waals surface area contributed by atoms with Crippen molar-refractivity contribution in [3.8, 4) is 0 Å². The molecule has 4 rings (SSSR count). The van der Waals surface area contributed by atoms with Crippen LogP contribution >= 0.6 is 0 Å². The number of aryl methyl sites for hydroxylation is 1. The van der Waals surface area contributed by atoms with Gasteiger partial charge in [-0.1, -0.05) is 17.3 Å². The van der Waals surface area contributed by atoms with E-state index >= 15 is 0 Å². The summed E-state index contributed by atoms with van der Waals surface area (Å²) in [5.41, 5.74) is 1.12. The van der Waals surface area contributed by atoms with Gasteiger partial charge < -0.3 is 19.6 Å². The lowest BCUT2D eigenvalue weighted by Gasteiger charge is -2.36. The van der Waals surface area contributed by atoms with Crippen LogP contribution in [0.25, 0.3) is 0 Å². The maximum atomic E-state index is 14.0. The van der Waals surface area contributed by atoms with E-state index in [2.05, 4.69) is 15.5 Å². The van der Waals surface area contributed by atoms with Crippen LogP contribution in [0.4, 0.5) is 21.7 Å². The topological polar surface area (TPSA) is 74.5 Å². The van der Waals surface area contributed by atoms with E-state index in [4.69, 9.17) is 4.52 Å². The van der Waals surface area contributed by atoms with Crippen molar-refractivity contribution >= 4 is 23.2 Å². The fourth-order valence-corrected chi connectivity index (χ4v) is 3.23. The predicted octanol–water partition coefficient (Wildman–Crippen LogP) is 3.22. The van der Waals surface area contributed by atoms with E-state index in [1.165, 1.54) is 6.07 Å². The molecule has 1 amide bonds. The van der Waals surface area contributed by atoms with E-state index in [1.54, 1.807) is 48.4 Å². The van der Waals surface area contributed by atoms with E-state index in [1.807, 2.05) is 11.0 Å². The fraction of sp³-hybridized carbons (Fsp3) is 0.250. The normalized spacial score (nSPS) is 14.2. The fourth-order valence-electron chi connectivity index (χ4n) is 3.23. The second-order valence-electron chi connectivity index (χ2n) is 6.61. The minimum atomic E-state index is -0.241. The molecule has 1 aromatic carbocycles. The SMILES string of the molecule is Cc1cc(Nc2cc(C(=O)N3CCN(c4ccccc4F)CC3)ccn2)no1. The Morgan fingerprint density at radius 3 is 2.61 bits per heavy atom. The molecule has 0 unspecified atom stereocenters. The molecular formula is C20H20FN5O2. The number of halogens is 1. The summed E-state index contributed by atoms with van der Waals surface area (Å²) in [7, 11) is 0. The molecule has 1 N–H and O–H groups in total. The van der Waals surface area contributed by atoms with Crippen molar-refractivity contribution in [2.75, 3.05) is 36.4 Å². The van der Waals surface area contributed by atoms with Crippen LogP contribution in [0.2, 0.25) is 0 Å². The highest BCUT2D eigenvalue weighted by atomic mass is 19.1. The molecule has 144 valence electrons. The van der Waals surface area contributed by atoms with Gasteiger partial charge >= 0.3 is 0 Å². The van der Waals surface area contributed by atoms with Gasteiger partial charge in [0.25, 0.3) is 5.91 Å². The van der Waals surface area contributed by atoms with Crippen molar-refractivity contribution in [2.45, 2.75) is 6.92 Å². The summed E-state index contributed by atoms with van der Waals surface area (Å²) >= 11 is 0. The van der Waals surface area contributed by atoms with Gasteiger partial charge in [0.1, 0.15) is 17.4 Å². The monoisotopic (exact) mass is 381 g/mol. The average molecular weight is 381 g/mol. The van der Waals surface area contributed by atoms with E-state index in [-0.39, 0.29) is 11.7 Å². The third kappa shape index (κ3) is 3.80. The molecule has 1 aliphatic heterocycles. The molecule has 0 aliphatic carbocycles. The Labute approximate surface area is 161 Å². The number of carbonyl (C=O) groups excluding carboxylic acids is 1. The number of hydrogen-bond donors (Lipinski definition) is 1. The summed E-state index contributed by atoms with van der Waals surface area (Å²) in [4.78, 5) is 20.8. The van der Waals surface area contributed by atoms with Crippen molar-refractivity contribution in [3.05, 3.63) is 65.8 Å². The molecule has 0 saturated carbocycles. The zero-order valence-corrected chi connectivity index (χ0v) is 15.4. The lowest BCUT2D eigenvalue weighted by Crippen LogP contribution is -2.49. The number of para-hydroxylation sites is 1. The molecule has 0 bridgehead atoms. The quantitative estimate of drug-likeness (QED) is 0.748. The molecule has 3 heterocycles. The Hall–Kier alpha value is -3.42. The highest BCUT2D eigenvalue weighted by Gasteiger charge is 2.23. The molecule has 1 aliphatic rings. The molecule has 1 fully saturated rings. The Bertz CT molecular complexity index is 982. The first kappa shape index (κ1) is 18.0. The van der Waals surface area contributed by atoms with Crippen LogP contribution in [0, 0.1) is 12.7 Å². The number of anilines is 3. The maximum absolute atomic E-state index is 14.0. The van der Waals surface area contributed by atoms with Gasteiger partial charge in [-0.05, 0) is 31.2 Å². The van der Waals surface area contributed by atoms with Gasteiger partial charge in [-0.15, -0.1) is 0 Å². The average Bonchev–Trinajstić information content (AvgIpc) is 3.13. The largest absolute Gasteiger partial charge is 0.366 e. The van der Waals surface area contributed by atoms with Crippen LogP contribution < -0.4 is 10.2 Å². The third-order valence-electron chi connectivity index (χ3n) is 4.65. The first-order valence-corrected chi connectivity index (χ1v) is 9.05. The van der Waals surface area contributed by atoms with Gasteiger partial charge in [0.05, 0.1) is 5.69 Å². The second-order valence-corrected chi connectivity index (χ2v) is 6.61. The van der Waals surface area contributed by atoms with Crippen molar-refractivity contribution in [2.24, 2.45) is 0 Å². The number of rotatable bonds is 4. The summed E-state index contributed by atoms with van der Waals surface area (Å²) in [6.07, 6.45) is 1.58. The van der Waals surface area contributed by atoms with E-state index in [9.17, 15) is 9.18 Å². The Morgan fingerprint density at radius 2 is 1.89 bits per heavy atom. The van der Waals surface area contributed by atoms with Crippen LogP contribution in [-0.2, 0) is 0 Å². The summed E-state index contributed by atoms with van der Waals surface area (Å²) in [5, 5.41) is 6.88. The second kappa shape index (κ2) is 7.67. The number of hydrogen-bond acceptors (Lipinski definition) is 6. The smallest absolute Gasteiger partial charge is 0.254 e. The van der Waals surface area contributed by atoms with Gasteiger partial charge in [0.2, 0.25) is 0 Å². The number of pyridine rings is 1. The van der Waals surface area contributed by atoms with E-state index in [0.29, 0.717) is 54.8 Å². The van der Waals surface area contributed by atoms with Crippen LogP contribution in [0.5, 0.6) is 0 Å². The highest BCUT2D eigenvalue weighted by molar-refractivity contribution is 5.95. The highest BCUT2D eigenvalue weighted by Crippen LogP contribution is 2.21. The van der Waals surface area contributed by atoms with Gasteiger partial charge in [0, 0.05) is 44.0 Å². The van der Waals surface area contributed by atoms with Crippen LogP contribution in [0.3, 0.4) is 0 Å². The van der Waals surface area contributed by atoms with Crippen LogP contribution in [-0.4, -0.2) is 47.1 Å². The van der Waals surface area contributed by atoms with Crippen molar-refractivity contribution in [1.82, 2.24) is 15.0 Å². The van der Waals surface area contributed by atoms with Crippen molar-refractivity contribution in [1.29, 1.82) is 0 Å². The Kier molecular flexibility index (Phi) is 4.92. The summed E-state index contributed by atoms with van der Waals surface area (Å²) < 4.78 is 19.0. The Balaban J connectivity index is 1.41. The zero-order chi connectivity index (χ0) is 19.5. The van der Waals surface area contributed by atoms with Gasteiger partial charge in [-0.2, -0.15) is 0 Å². The maximum Gasteiger partial charge on any atom is 0.254 e. The third-order valence-corrected chi connectivity index (χ3v) is 4.65. The summed E-state index contributed by atoms with van der Waals surface area (Å²) in [5.74, 6) is 1.42. The van der Waals surface area contributed by atoms with Crippen molar-refractivity contribution < 1.29 is 13.7 Å². The number of nitrogens with zero attached hydrogens (tertiary/aromatic N) is 4. The molecule has 3 aromatic rings. The number of amides is 1. The lowest BCUT2D eigenvalue weighted by molar-refractivity contribution is 0.0746. The number of carbonyl (C=O) groups is 1. The van der Waals surface area contributed by atoms with E-state index in [0.717, 1.165) is 0 Å². The number of benzene rings is 1. The van der Waals surface area contributed by atoms with Crippen molar-refractivity contribution in [3.63, 3.8) is 0 Å². The molecular weight excluding hydrogens is 361 g/mol. The first-order valence-electron chi connectivity index (χ1n) is 9.05. The van der Waals surface area contributed by atoms with E-state index < -0.39 is 0 Å². The zero-order valence-electron chi connectivity index (χ0n) is 15.4. The summed E-state index contributed by atoms with van der Waals surface area (Å²) in [6.45, 7) is 4.02. The van der Waals surface area contributed by atoms with Crippen LogP contribution in [0.1, 0.15) is 16.1 Å². The number of nitrogens with one attached hydrogen (secondary N) is 1. The minimum absolute atomic E-state index is 0.0741. The molecule has 28 heavy (non-hydrogen) atoms. The molecule has 2 aromatic heterocycles.